The maximum atomic E-state index is 14.5. The van der Waals surface area contributed by atoms with Crippen LogP contribution in [0.5, 0.6) is 0 Å². The first-order valence-corrected chi connectivity index (χ1v) is 9.44. The van der Waals surface area contributed by atoms with Crippen LogP contribution in [0.1, 0.15) is 35.7 Å². The zero-order valence-electron chi connectivity index (χ0n) is 16.4. The number of hydrogen-bond donors (Lipinski definition) is 0. The van der Waals surface area contributed by atoms with Crippen molar-refractivity contribution in [2.24, 2.45) is 0 Å². The van der Waals surface area contributed by atoms with Gasteiger partial charge in [0.25, 0.3) is 0 Å². The number of aromatic nitrogens is 2. The molecule has 0 aliphatic heterocycles. The summed E-state index contributed by atoms with van der Waals surface area (Å²) in [5.74, 6) is -0.664. The fourth-order valence-corrected chi connectivity index (χ4v) is 2.99. The summed E-state index contributed by atoms with van der Waals surface area (Å²) in [5.41, 5.74) is 2.89. The Hall–Kier alpha value is -3.41. The van der Waals surface area contributed by atoms with Gasteiger partial charge in [-0.2, -0.15) is 0 Å². The molecular weight excluding hydrogens is 369 g/mol. The lowest BCUT2D eigenvalue weighted by Crippen LogP contribution is -2.25. The van der Waals surface area contributed by atoms with E-state index in [0.29, 0.717) is 36.1 Å². The molecule has 0 saturated carbocycles. The molecule has 29 heavy (non-hydrogen) atoms. The second-order valence-electron chi connectivity index (χ2n) is 6.69. The van der Waals surface area contributed by atoms with Gasteiger partial charge in [0.15, 0.2) is 5.78 Å². The van der Waals surface area contributed by atoms with Crippen LogP contribution in [0.25, 0.3) is 11.3 Å². The first kappa shape index (κ1) is 20.3. The molecule has 6 heteroatoms. The van der Waals surface area contributed by atoms with Crippen LogP contribution in [-0.2, 0) is 11.2 Å². The highest BCUT2D eigenvalue weighted by Gasteiger charge is 2.15. The Morgan fingerprint density at radius 1 is 1.10 bits per heavy atom. The van der Waals surface area contributed by atoms with Gasteiger partial charge in [-0.15, -0.1) is 0 Å². The summed E-state index contributed by atoms with van der Waals surface area (Å²) in [7, 11) is 1.55. The number of amides is 1. The van der Waals surface area contributed by atoms with Crippen molar-refractivity contribution in [1.29, 1.82) is 0 Å². The lowest BCUT2D eigenvalue weighted by molar-refractivity contribution is -0.118. The van der Waals surface area contributed by atoms with E-state index in [9.17, 15) is 14.0 Å². The maximum absolute atomic E-state index is 14.5. The minimum atomic E-state index is -0.495. The van der Waals surface area contributed by atoms with E-state index >= 15 is 0 Å². The Labute approximate surface area is 169 Å². The Balaban J connectivity index is 1.70. The molecule has 0 unspecified atom stereocenters. The molecule has 0 N–H and O–H groups in total. The SMILES string of the molecule is CCC(=O)N(C)c1ccc(-c2ccc(C(=O)CCc3cccnc3)cn2)cc1F. The number of carbonyl (C=O) groups is 2. The van der Waals surface area contributed by atoms with Crippen molar-refractivity contribution in [3.05, 3.63) is 78.0 Å². The number of aryl methyl sites for hydroxylation is 1. The van der Waals surface area contributed by atoms with Crippen molar-refractivity contribution in [3.8, 4) is 11.3 Å². The molecule has 0 aliphatic rings. The van der Waals surface area contributed by atoms with Gasteiger partial charge in [-0.05, 0) is 42.3 Å². The monoisotopic (exact) mass is 391 g/mol. The molecule has 0 radical (unpaired) electrons. The third-order valence-electron chi connectivity index (χ3n) is 4.73. The quantitative estimate of drug-likeness (QED) is 0.558. The molecule has 1 aromatic carbocycles. The van der Waals surface area contributed by atoms with Crippen molar-refractivity contribution in [3.63, 3.8) is 0 Å². The fraction of sp³-hybridized carbons (Fsp3) is 0.217. The number of pyridine rings is 2. The van der Waals surface area contributed by atoms with Gasteiger partial charge in [-0.1, -0.05) is 19.1 Å². The normalized spacial score (nSPS) is 10.6. The Morgan fingerprint density at radius 3 is 2.55 bits per heavy atom. The van der Waals surface area contributed by atoms with Crippen LogP contribution in [0.4, 0.5) is 10.1 Å². The van der Waals surface area contributed by atoms with Gasteiger partial charge >= 0.3 is 0 Å². The predicted octanol–water partition coefficient (Wildman–Crippen LogP) is 4.47. The Kier molecular flexibility index (Phi) is 6.44. The van der Waals surface area contributed by atoms with E-state index in [-0.39, 0.29) is 17.4 Å². The number of anilines is 1. The molecule has 3 rings (SSSR count). The van der Waals surface area contributed by atoms with Gasteiger partial charge in [0.05, 0.1) is 11.4 Å². The predicted molar refractivity (Wildman–Crippen MR) is 110 cm³/mol. The average molecular weight is 391 g/mol. The Morgan fingerprint density at radius 2 is 1.93 bits per heavy atom. The molecule has 0 spiro atoms. The number of carbonyl (C=O) groups excluding carboxylic acids is 2. The number of nitrogens with zero attached hydrogens (tertiary/aromatic N) is 3. The van der Waals surface area contributed by atoms with E-state index in [4.69, 9.17) is 0 Å². The summed E-state index contributed by atoms with van der Waals surface area (Å²) in [5, 5.41) is 0. The topological polar surface area (TPSA) is 63.2 Å². The smallest absolute Gasteiger partial charge is 0.226 e. The lowest BCUT2D eigenvalue weighted by atomic mass is 10.0. The third-order valence-corrected chi connectivity index (χ3v) is 4.73. The molecule has 2 aromatic heterocycles. The van der Waals surface area contributed by atoms with Gasteiger partial charge in [0, 0.05) is 49.6 Å². The molecule has 148 valence electrons. The van der Waals surface area contributed by atoms with Gasteiger partial charge in [-0.3, -0.25) is 19.6 Å². The molecule has 1 amide bonds. The molecule has 3 aromatic rings. The summed E-state index contributed by atoms with van der Waals surface area (Å²) >= 11 is 0. The third kappa shape index (κ3) is 4.90. The number of Topliss-reactive ketones (excluding diaryl/α,β-unsaturated/α-hetero) is 1. The van der Waals surface area contributed by atoms with Gasteiger partial charge in [-0.25, -0.2) is 4.39 Å². The molecule has 0 bridgehead atoms. The van der Waals surface area contributed by atoms with Crippen LogP contribution < -0.4 is 4.90 Å². The molecule has 2 heterocycles. The number of rotatable bonds is 7. The highest BCUT2D eigenvalue weighted by atomic mass is 19.1. The van der Waals surface area contributed by atoms with E-state index < -0.39 is 5.82 Å². The van der Waals surface area contributed by atoms with Crippen molar-refractivity contribution in [2.75, 3.05) is 11.9 Å². The standard InChI is InChI=1S/C23H22FN3O2/c1-3-23(29)27(2)21-10-8-17(13-19(21)24)20-9-7-18(15-26-20)22(28)11-6-16-5-4-12-25-14-16/h4-5,7-10,12-15H,3,6,11H2,1-2H3. The largest absolute Gasteiger partial charge is 0.313 e. The second kappa shape index (κ2) is 9.19. The lowest BCUT2D eigenvalue weighted by Gasteiger charge is -2.17. The van der Waals surface area contributed by atoms with Crippen LogP contribution in [0.15, 0.2) is 61.1 Å². The highest BCUT2D eigenvalue weighted by Crippen LogP contribution is 2.25. The molecule has 0 saturated heterocycles. The maximum Gasteiger partial charge on any atom is 0.226 e. The van der Waals surface area contributed by atoms with Crippen molar-refractivity contribution < 1.29 is 14.0 Å². The zero-order chi connectivity index (χ0) is 20.8. The number of hydrogen-bond acceptors (Lipinski definition) is 4. The molecule has 0 aliphatic carbocycles. The van der Waals surface area contributed by atoms with E-state index in [1.165, 1.54) is 17.2 Å². The molecule has 5 nitrogen and oxygen atoms in total. The van der Waals surface area contributed by atoms with Crippen molar-refractivity contribution in [2.45, 2.75) is 26.2 Å². The fourth-order valence-electron chi connectivity index (χ4n) is 2.99. The van der Waals surface area contributed by atoms with Gasteiger partial charge < -0.3 is 4.90 Å². The summed E-state index contributed by atoms with van der Waals surface area (Å²) in [4.78, 5) is 33.8. The zero-order valence-corrected chi connectivity index (χ0v) is 16.4. The minimum absolute atomic E-state index is 0.00543. The number of benzene rings is 1. The highest BCUT2D eigenvalue weighted by molar-refractivity contribution is 5.96. The summed E-state index contributed by atoms with van der Waals surface area (Å²) < 4.78 is 14.5. The van der Waals surface area contributed by atoms with Crippen molar-refractivity contribution >= 4 is 17.4 Å². The summed E-state index contributed by atoms with van der Waals surface area (Å²) in [6.45, 7) is 1.73. The van der Waals surface area contributed by atoms with E-state index in [1.807, 2.05) is 12.1 Å². The summed E-state index contributed by atoms with van der Waals surface area (Å²) in [6.07, 6.45) is 6.25. The summed E-state index contributed by atoms with van der Waals surface area (Å²) in [6, 6.07) is 11.8. The van der Waals surface area contributed by atoms with Crippen LogP contribution in [-0.4, -0.2) is 28.7 Å². The van der Waals surface area contributed by atoms with Gasteiger partial charge in [0.2, 0.25) is 5.91 Å². The first-order valence-electron chi connectivity index (χ1n) is 9.44. The van der Waals surface area contributed by atoms with Crippen LogP contribution in [0.2, 0.25) is 0 Å². The molecule has 0 atom stereocenters. The van der Waals surface area contributed by atoms with E-state index in [0.717, 1.165) is 5.56 Å². The second-order valence-corrected chi connectivity index (χ2v) is 6.69. The number of halogens is 1. The minimum Gasteiger partial charge on any atom is -0.313 e. The molecular formula is C23H22FN3O2. The number of ketones is 1. The Bertz CT molecular complexity index is 1000. The first-order chi connectivity index (χ1) is 14.0. The van der Waals surface area contributed by atoms with Crippen LogP contribution >= 0.6 is 0 Å². The van der Waals surface area contributed by atoms with Crippen molar-refractivity contribution in [1.82, 2.24) is 9.97 Å². The van der Waals surface area contributed by atoms with Gasteiger partial charge in [0.1, 0.15) is 5.82 Å². The van der Waals surface area contributed by atoms with E-state index in [2.05, 4.69) is 9.97 Å². The van der Waals surface area contributed by atoms with E-state index in [1.54, 1.807) is 50.6 Å². The van der Waals surface area contributed by atoms with Crippen LogP contribution in [0.3, 0.4) is 0 Å². The molecule has 0 fully saturated rings. The van der Waals surface area contributed by atoms with Crippen LogP contribution in [0, 0.1) is 5.82 Å². The average Bonchev–Trinajstić information content (AvgIpc) is 2.77.